The maximum Gasteiger partial charge on any atom is 0.116 e. The third-order valence-electron chi connectivity index (χ3n) is 4.87. The Labute approximate surface area is 154 Å². The van der Waals surface area contributed by atoms with Crippen molar-refractivity contribution in [1.29, 1.82) is 0 Å². The van der Waals surface area contributed by atoms with Gasteiger partial charge in [0.25, 0.3) is 0 Å². The molecule has 0 amide bonds. The number of rotatable bonds is 4. The molecule has 1 aromatic carbocycles. The summed E-state index contributed by atoms with van der Waals surface area (Å²) in [5, 5.41) is 3.41. The van der Waals surface area contributed by atoms with Crippen LogP contribution in [0.4, 0.5) is 5.69 Å². The van der Waals surface area contributed by atoms with E-state index in [0.29, 0.717) is 12.8 Å². The molecular formula is C23H35NO. The highest BCUT2D eigenvalue weighted by molar-refractivity contribution is 5.40. The van der Waals surface area contributed by atoms with Gasteiger partial charge in [0, 0.05) is 5.69 Å². The Bertz CT molecular complexity index is 464. The van der Waals surface area contributed by atoms with Gasteiger partial charge in [-0.1, -0.05) is 100 Å². The summed E-state index contributed by atoms with van der Waals surface area (Å²) >= 11 is 0. The molecule has 0 radical (unpaired) electrons. The lowest BCUT2D eigenvalue weighted by atomic mass is 9.99. The Morgan fingerprint density at radius 2 is 1.08 bits per heavy atom. The summed E-state index contributed by atoms with van der Waals surface area (Å²) in [7, 11) is 0. The minimum Gasteiger partial charge on any atom is -0.363 e. The molecule has 0 saturated heterocycles. The monoisotopic (exact) mass is 341 g/mol. The maximum absolute atomic E-state index is 6.18. The zero-order valence-electron chi connectivity index (χ0n) is 15.7. The molecule has 0 heterocycles. The second-order valence-electron chi connectivity index (χ2n) is 7.00. The van der Waals surface area contributed by atoms with Crippen LogP contribution in [-0.2, 0) is 4.74 Å². The molecule has 2 heteroatoms. The van der Waals surface area contributed by atoms with Crippen molar-refractivity contribution in [3.05, 3.63) is 54.6 Å². The normalized spacial score (nSPS) is 17.6. The van der Waals surface area contributed by atoms with Crippen LogP contribution in [0.1, 0.15) is 70.6 Å². The minimum atomic E-state index is 0.411. The van der Waals surface area contributed by atoms with E-state index in [9.17, 15) is 0 Å². The Morgan fingerprint density at radius 3 is 1.60 bits per heavy atom. The summed E-state index contributed by atoms with van der Waals surface area (Å²) in [6.45, 7) is 0.592. The average Bonchev–Trinajstić information content (AvgIpc) is 2.62. The highest BCUT2D eigenvalue weighted by atomic mass is 16.5. The highest BCUT2D eigenvalue weighted by Crippen LogP contribution is 2.19. The van der Waals surface area contributed by atoms with Crippen LogP contribution in [0.15, 0.2) is 54.6 Å². The quantitative estimate of drug-likeness (QED) is 0.603. The fraction of sp³-hybridized carbons (Fsp3) is 0.565. The molecule has 0 aliphatic heterocycles. The van der Waals surface area contributed by atoms with Gasteiger partial charge in [0.1, 0.15) is 6.73 Å². The number of nitrogens with one attached hydrogen (secondary N) is 1. The first kappa shape index (κ1) is 19.8. The smallest absolute Gasteiger partial charge is 0.116 e. The lowest BCUT2D eigenvalue weighted by Gasteiger charge is -2.19. The molecule has 1 aliphatic rings. The predicted octanol–water partition coefficient (Wildman–Crippen LogP) is 6.87. The molecule has 1 fully saturated rings. The van der Waals surface area contributed by atoms with Gasteiger partial charge in [-0.15, -0.1) is 0 Å². The van der Waals surface area contributed by atoms with Crippen molar-refractivity contribution < 1.29 is 4.74 Å². The van der Waals surface area contributed by atoms with Crippen LogP contribution < -0.4 is 5.32 Å². The van der Waals surface area contributed by atoms with Gasteiger partial charge in [-0.2, -0.15) is 0 Å². The molecule has 1 aliphatic carbocycles. The number of anilines is 1. The van der Waals surface area contributed by atoms with E-state index < -0.39 is 0 Å². The Kier molecular flexibility index (Phi) is 10.9. The van der Waals surface area contributed by atoms with E-state index in [2.05, 4.69) is 29.6 Å². The Hall–Kier alpha value is -1.54. The number of hydrogen-bond acceptors (Lipinski definition) is 2. The van der Waals surface area contributed by atoms with E-state index in [1.54, 1.807) is 0 Å². The molecule has 25 heavy (non-hydrogen) atoms. The first-order chi connectivity index (χ1) is 12.4. The molecule has 2 nitrogen and oxygen atoms in total. The first-order valence-corrected chi connectivity index (χ1v) is 10.2. The van der Waals surface area contributed by atoms with Crippen molar-refractivity contribution in [2.24, 2.45) is 0 Å². The standard InChI is InChI=1S/C23H35NO/c1-2-7-11-15-19-23(20-16-12-8-3-1)25-21-24-22-17-13-9-5-4-6-10-14-18-22/h4-6,9-10,13-14,17-18,23-24H,1-3,7-8,11-12,15-16,19-21H2. The van der Waals surface area contributed by atoms with Gasteiger partial charge in [0.2, 0.25) is 0 Å². The molecule has 0 atom stereocenters. The van der Waals surface area contributed by atoms with Gasteiger partial charge in [-0.25, -0.2) is 0 Å². The van der Waals surface area contributed by atoms with Crippen molar-refractivity contribution in [3.8, 4) is 0 Å². The topological polar surface area (TPSA) is 21.3 Å². The molecule has 1 saturated carbocycles. The predicted molar refractivity (Wildman–Crippen MR) is 108 cm³/mol. The van der Waals surface area contributed by atoms with Gasteiger partial charge >= 0.3 is 0 Å². The molecule has 0 spiro atoms. The number of ether oxygens (including phenoxy) is 1. The highest BCUT2D eigenvalue weighted by Gasteiger charge is 2.09. The summed E-state index contributed by atoms with van der Waals surface area (Å²) in [6.07, 6.45) is 15.3. The molecule has 138 valence electrons. The fourth-order valence-electron chi connectivity index (χ4n) is 3.35. The maximum atomic E-state index is 6.18. The van der Waals surface area contributed by atoms with E-state index in [4.69, 9.17) is 4.74 Å². The zero-order chi connectivity index (χ0) is 17.4. The SMILES string of the molecule is c1ccccc(NCOC2CCCCCCCCCCC2)cccc1. The van der Waals surface area contributed by atoms with Crippen LogP contribution >= 0.6 is 0 Å². The summed E-state index contributed by atoms with van der Waals surface area (Å²) < 4.78 is 6.18. The fourth-order valence-corrected chi connectivity index (χ4v) is 3.35. The lowest BCUT2D eigenvalue weighted by Crippen LogP contribution is -2.18. The largest absolute Gasteiger partial charge is 0.363 e. The van der Waals surface area contributed by atoms with Gasteiger partial charge in [-0.3, -0.25) is 0 Å². The molecule has 0 aromatic heterocycles. The van der Waals surface area contributed by atoms with Crippen LogP contribution in [0.2, 0.25) is 0 Å². The van der Waals surface area contributed by atoms with Gasteiger partial charge in [-0.05, 0) is 25.0 Å². The van der Waals surface area contributed by atoms with Crippen molar-refractivity contribution in [3.63, 3.8) is 0 Å². The van der Waals surface area contributed by atoms with E-state index in [1.807, 2.05) is 30.3 Å². The molecule has 0 bridgehead atoms. The summed E-state index contributed by atoms with van der Waals surface area (Å²) in [4.78, 5) is 0. The van der Waals surface area contributed by atoms with Gasteiger partial charge < -0.3 is 10.1 Å². The van der Waals surface area contributed by atoms with Crippen molar-refractivity contribution in [2.75, 3.05) is 12.0 Å². The second kappa shape index (κ2) is 13.7. The number of hydrogen-bond donors (Lipinski definition) is 1. The molecule has 2 rings (SSSR count). The Morgan fingerprint density at radius 1 is 0.640 bits per heavy atom. The van der Waals surface area contributed by atoms with Crippen LogP contribution in [0.3, 0.4) is 0 Å². The minimum absolute atomic E-state index is 0.411. The third-order valence-corrected chi connectivity index (χ3v) is 4.87. The summed E-state index contributed by atoms with van der Waals surface area (Å²) in [6, 6.07) is 18.5. The van der Waals surface area contributed by atoms with Crippen molar-refractivity contribution in [1.82, 2.24) is 0 Å². The van der Waals surface area contributed by atoms with E-state index in [1.165, 1.54) is 70.6 Å². The van der Waals surface area contributed by atoms with Crippen molar-refractivity contribution >= 4 is 5.69 Å². The molecule has 0 unspecified atom stereocenters. The van der Waals surface area contributed by atoms with E-state index in [0.717, 1.165) is 5.69 Å². The van der Waals surface area contributed by atoms with Crippen LogP contribution in [0.5, 0.6) is 0 Å². The van der Waals surface area contributed by atoms with Crippen LogP contribution in [0.25, 0.3) is 0 Å². The first-order valence-electron chi connectivity index (χ1n) is 10.2. The second-order valence-corrected chi connectivity index (χ2v) is 7.00. The Balaban J connectivity index is 1.79. The summed E-state index contributed by atoms with van der Waals surface area (Å²) in [5.41, 5.74) is 1.09. The van der Waals surface area contributed by atoms with Gasteiger partial charge in [0.15, 0.2) is 0 Å². The van der Waals surface area contributed by atoms with E-state index >= 15 is 0 Å². The molecule has 1 aromatic rings. The molecular weight excluding hydrogens is 306 g/mol. The average molecular weight is 342 g/mol. The molecule has 1 N–H and O–H groups in total. The van der Waals surface area contributed by atoms with Crippen LogP contribution in [-0.4, -0.2) is 12.8 Å². The van der Waals surface area contributed by atoms with Gasteiger partial charge in [0.05, 0.1) is 6.10 Å². The van der Waals surface area contributed by atoms with Crippen LogP contribution in [0, 0.1) is 0 Å². The van der Waals surface area contributed by atoms with Crippen molar-refractivity contribution in [2.45, 2.75) is 76.7 Å². The zero-order valence-corrected chi connectivity index (χ0v) is 15.7. The lowest BCUT2D eigenvalue weighted by molar-refractivity contribution is 0.0501. The van der Waals surface area contributed by atoms with E-state index in [-0.39, 0.29) is 0 Å². The third kappa shape index (κ3) is 10.1. The summed E-state index contributed by atoms with van der Waals surface area (Å²) in [5.74, 6) is 0.